The normalized spacial score (nSPS) is 16.5. The van der Waals surface area contributed by atoms with E-state index in [0.717, 1.165) is 13.1 Å². The molecule has 0 saturated carbocycles. The third kappa shape index (κ3) is 4.52. The molecule has 0 unspecified atom stereocenters. The van der Waals surface area contributed by atoms with Crippen LogP contribution in [0.1, 0.15) is 6.42 Å². The van der Waals surface area contributed by atoms with Crippen LogP contribution in [0.4, 0.5) is 0 Å². The van der Waals surface area contributed by atoms with Crippen LogP contribution in [0.25, 0.3) is 0 Å². The molecule has 120 valence electrons. The van der Waals surface area contributed by atoms with Gasteiger partial charge in [0.15, 0.2) is 0 Å². The van der Waals surface area contributed by atoms with E-state index in [0.29, 0.717) is 26.3 Å². The van der Waals surface area contributed by atoms with Crippen molar-refractivity contribution >= 4 is 10.0 Å². The first kappa shape index (κ1) is 16.9. The second-order valence-electron chi connectivity index (χ2n) is 5.08. The smallest absolute Gasteiger partial charge is 0.243 e. The maximum atomic E-state index is 12.7. The molecule has 0 spiro atoms. The van der Waals surface area contributed by atoms with Gasteiger partial charge in [0, 0.05) is 39.1 Å². The first-order valence-corrected chi connectivity index (χ1v) is 8.81. The van der Waals surface area contributed by atoms with Crippen molar-refractivity contribution in [3.8, 4) is 6.07 Å². The molecule has 0 aliphatic carbocycles. The minimum absolute atomic E-state index is 0.190. The number of morpholine rings is 1. The topological polar surface area (TPSA) is 73.6 Å². The van der Waals surface area contributed by atoms with Crippen molar-refractivity contribution in [3.63, 3.8) is 0 Å². The van der Waals surface area contributed by atoms with Gasteiger partial charge in [0.25, 0.3) is 0 Å². The molecule has 1 aromatic carbocycles. The van der Waals surface area contributed by atoms with E-state index in [4.69, 9.17) is 10.00 Å². The largest absolute Gasteiger partial charge is 0.379 e. The Morgan fingerprint density at radius 2 is 1.86 bits per heavy atom. The van der Waals surface area contributed by atoms with Gasteiger partial charge in [0.1, 0.15) is 0 Å². The highest BCUT2D eigenvalue weighted by molar-refractivity contribution is 7.89. The molecule has 1 fully saturated rings. The van der Waals surface area contributed by atoms with Gasteiger partial charge in [-0.05, 0) is 12.1 Å². The van der Waals surface area contributed by atoms with Crippen molar-refractivity contribution in [1.29, 1.82) is 5.26 Å². The van der Waals surface area contributed by atoms with Crippen LogP contribution in [0.5, 0.6) is 0 Å². The lowest BCUT2D eigenvalue weighted by atomic mass is 10.4. The number of ether oxygens (including phenoxy) is 1. The van der Waals surface area contributed by atoms with Gasteiger partial charge >= 0.3 is 0 Å². The van der Waals surface area contributed by atoms with Crippen LogP contribution in [-0.2, 0) is 14.8 Å². The van der Waals surface area contributed by atoms with Crippen LogP contribution in [0.2, 0.25) is 0 Å². The summed E-state index contributed by atoms with van der Waals surface area (Å²) < 4.78 is 32.1. The summed E-state index contributed by atoms with van der Waals surface area (Å²) in [5.41, 5.74) is 0. The van der Waals surface area contributed by atoms with Crippen molar-refractivity contribution < 1.29 is 13.2 Å². The van der Waals surface area contributed by atoms with Crippen molar-refractivity contribution in [1.82, 2.24) is 9.21 Å². The van der Waals surface area contributed by atoms with Crippen LogP contribution in [0.3, 0.4) is 0 Å². The lowest BCUT2D eigenvalue weighted by molar-refractivity contribution is 0.0363. The summed E-state index contributed by atoms with van der Waals surface area (Å²) in [4.78, 5) is 2.46. The minimum Gasteiger partial charge on any atom is -0.379 e. The Balaban J connectivity index is 2.06. The fraction of sp³-hybridized carbons (Fsp3) is 0.533. The molecule has 6 nitrogen and oxygen atoms in total. The summed E-state index contributed by atoms with van der Waals surface area (Å²) >= 11 is 0. The number of nitriles is 1. The summed E-state index contributed by atoms with van der Waals surface area (Å²) in [6, 6.07) is 10.4. The number of hydrogen-bond acceptors (Lipinski definition) is 5. The average Bonchev–Trinajstić information content (AvgIpc) is 2.56. The number of hydrogen-bond donors (Lipinski definition) is 0. The highest BCUT2D eigenvalue weighted by Crippen LogP contribution is 2.15. The fourth-order valence-electron chi connectivity index (χ4n) is 2.35. The van der Waals surface area contributed by atoms with Crippen LogP contribution < -0.4 is 0 Å². The lowest BCUT2D eigenvalue weighted by Crippen LogP contribution is -2.43. The Morgan fingerprint density at radius 3 is 2.50 bits per heavy atom. The maximum absolute atomic E-state index is 12.7. The number of sulfonamides is 1. The molecule has 0 bridgehead atoms. The predicted molar refractivity (Wildman–Crippen MR) is 82.7 cm³/mol. The van der Waals surface area contributed by atoms with Gasteiger partial charge in [-0.2, -0.15) is 9.57 Å². The Labute approximate surface area is 131 Å². The lowest BCUT2D eigenvalue weighted by Gasteiger charge is -2.29. The van der Waals surface area contributed by atoms with E-state index in [2.05, 4.69) is 4.90 Å². The van der Waals surface area contributed by atoms with Gasteiger partial charge in [0.2, 0.25) is 10.0 Å². The minimum atomic E-state index is -3.55. The highest BCUT2D eigenvalue weighted by Gasteiger charge is 2.24. The monoisotopic (exact) mass is 323 g/mol. The molecule has 0 aromatic heterocycles. The molecule has 0 amide bonds. The van der Waals surface area contributed by atoms with Gasteiger partial charge < -0.3 is 4.74 Å². The van der Waals surface area contributed by atoms with E-state index in [1.54, 1.807) is 30.3 Å². The molecule has 1 heterocycles. The van der Waals surface area contributed by atoms with Gasteiger partial charge in [-0.25, -0.2) is 8.42 Å². The molecule has 2 rings (SSSR count). The molecule has 22 heavy (non-hydrogen) atoms. The third-order valence-electron chi connectivity index (χ3n) is 3.62. The average molecular weight is 323 g/mol. The molecular weight excluding hydrogens is 302 g/mol. The molecule has 7 heteroatoms. The molecule has 1 saturated heterocycles. The summed E-state index contributed by atoms with van der Waals surface area (Å²) in [7, 11) is -3.55. The standard InChI is InChI=1S/C15H21N3O3S/c16-7-4-8-18(10-9-17-11-13-21-14-12-17)22(19,20)15-5-2-1-3-6-15/h1-3,5-6H,4,8-14H2. The molecule has 0 radical (unpaired) electrons. The zero-order valence-electron chi connectivity index (χ0n) is 12.5. The molecule has 0 atom stereocenters. The third-order valence-corrected chi connectivity index (χ3v) is 5.54. The second-order valence-corrected chi connectivity index (χ2v) is 7.02. The van der Waals surface area contributed by atoms with E-state index < -0.39 is 10.0 Å². The van der Waals surface area contributed by atoms with E-state index in [1.165, 1.54) is 4.31 Å². The fourth-order valence-corrected chi connectivity index (χ4v) is 3.80. The van der Waals surface area contributed by atoms with E-state index >= 15 is 0 Å². The van der Waals surface area contributed by atoms with Crippen molar-refractivity contribution in [3.05, 3.63) is 30.3 Å². The quantitative estimate of drug-likeness (QED) is 0.746. The van der Waals surface area contributed by atoms with E-state index in [-0.39, 0.29) is 17.9 Å². The molecule has 0 N–H and O–H groups in total. The second kappa shape index (κ2) is 8.25. The molecule has 1 aromatic rings. The maximum Gasteiger partial charge on any atom is 0.243 e. The van der Waals surface area contributed by atoms with Crippen LogP contribution in [0, 0.1) is 11.3 Å². The first-order chi connectivity index (χ1) is 10.6. The van der Waals surface area contributed by atoms with Crippen molar-refractivity contribution in [2.45, 2.75) is 11.3 Å². The van der Waals surface area contributed by atoms with Gasteiger partial charge in [-0.15, -0.1) is 0 Å². The Kier molecular flexibility index (Phi) is 6.34. The molecular formula is C15H21N3O3S. The van der Waals surface area contributed by atoms with Gasteiger partial charge in [-0.3, -0.25) is 4.90 Å². The zero-order valence-corrected chi connectivity index (χ0v) is 13.3. The Bertz CT molecular complexity index is 592. The van der Waals surface area contributed by atoms with Crippen LogP contribution in [0.15, 0.2) is 35.2 Å². The van der Waals surface area contributed by atoms with Crippen molar-refractivity contribution in [2.75, 3.05) is 45.9 Å². The van der Waals surface area contributed by atoms with E-state index in [9.17, 15) is 8.42 Å². The predicted octanol–water partition coefficient (Wildman–Crippen LogP) is 0.923. The number of rotatable bonds is 7. The van der Waals surface area contributed by atoms with Gasteiger partial charge in [-0.1, -0.05) is 18.2 Å². The molecule has 1 aliphatic heterocycles. The summed E-state index contributed by atoms with van der Waals surface area (Å²) in [6.07, 6.45) is 0.190. The SMILES string of the molecule is N#CCCN(CCN1CCOCC1)S(=O)(=O)c1ccccc1. The van der Waals surface area contributed by atoms with E-state index in [1.807, 2.05) is 6.07 Å². The highest BCUT2D eigenvalue weighted by atomic mass is 32.2. The Hall–Kier alpha value is -1.46. The number of nitrogens with zero attached hydrogens (tertiary/aromatic N) is 3. The summed E-state index contributed by atoms with van der Waals surface area (Å²) in [5, 5.41) is 8.77. The van der Waals surface area contributed by atoms with Gasteiger partial charge in [0.05, 0.1) is 24.2 Å². The summed E-state index contributed by atoms with van der Waals surface area (Å²) in [6.45, 7) is 4.26. The molecule has 1 aliphatic rings. The first-order valence-electron chi connectivity index (χ1n) is 7.37. The van der Waals surface area contributed by atoms with Crippen molar-refractivity contribution in [2.24, 2.45) is 0 Å². The zero-order chi connectivity index (χ0) is 15.8. The van der Waals surface area contributed by atoms with Crippen LogP contribution in [-0.4, -0.2) is 63.6 Å². The van der Waals surface area contributed by atoms with Crippen LogP contribution >= 0.6 is 0 Å². The number of benzene rings is 1. The summed E-state index contributed by atoms with van der Waals surface area (Å²) in [5.74, 6) is 0. The Morgan fingerprint density at radius 1 is 1.18 bits per heavy atom.